The summed E-state index contributed by atoms with van der Waals surface area (Å²) in [4.78, 5) is 11.3. The van der Waals surface area contributed by atoms with Crippen LogP contribution in [-0.4, -0.2) is 22.2 Å². The molecule has 0 fully saturated rings. The molecule has 1 aromatic carbocycles. The normalized spacial score (nSPS) is 11.0. The van der Waals surface area contributed by atoms with E-state index in [9.17, 15) is 9.90 Å². The number of fused-ring (bicyclic) bond motifs is 1. The lowest BCUT2D eigenvalue weighted by Gasteiger charge is -2.04. The fraction of sp³-hybridized carbons (Fsp3) is 0.357. The Kier molecular flexibility index (Phi) is 3.67. The van der Waals surface area contributed by atoms with E-state index in [-0.39, 0.29) is 0 Å². The molecule has 0 amide bonds. The number of hydrogen-bond acceptors (Lipinski definition) is 2. The first-order chi connectivity index (χ1) is 8.69. The Morgan fingerprint density at radius 1 is 1.44 bits per heavy atom. The van der Waals surface area contributed by atoms with E-state index in [1.165, 1.54) is 0 Å². The predicted octanol–water partition coefficient (Wildman–Crippen LogP) is 2.25. The molecule has 0 bridgehead atoms. The first-order valence-electron chi connectivity index (χ1n) is 6.23. The minimum absolute atomic E-state index is 0.385. The van der Waals surface area contributed by atoms with Gasteiger partial charge in [0.05, 0.1) is 5.56 Å². The van der Waals surface area contributed by atoms with Gasteiger partial charge in [-0.2, -0.15) is 0 Å². The van der Waals surface area contributed by atoms with Crippen LogP contribution in [0.25, 0.3) is 10.9 Å². The standard InChI is InChI=1S/C14H18N2O2/c1-2-10-9-16(8-4-7-15)12-6-3-5-11(13(10)12)14(17)18/h3,5-6,9H,2,4,7-8,15H2,1H3,(H,17,18). The number of aromatic nitrogens is 1. The van der Waals surface area contributed by atoms with Gasteiger partial charge in [-0.3, -0.25) is 0 Å². The molecule has 3 N–H and O–H groups in total. The van der Waals surface area contributed by atoms with E-state index in [1.54, 1.807) is 12.1 Å². The van der Waals surface area contributed by atoms with Gasteiger partial charge in [-0.25, -0.2) is 4.79 Å². The first-order valence-corrected chi connectivity index (χ1v) is 6.23. The summed E-state index contributed by atoms with van der Waals surface area (Å²) in [6, 6.07) is 5.43. The molecule has 0 unspecified atom stereocenters. The van der Waals surface area contributed by atoms with E-state index in [1.807, 2.05) is 19.2 Å². The molecule has 1 aromatic heterocycles. The van der Waals surface area contributed by atoms with E-state index in [0.717, 1.165) is 35.9 Å². The number of benzene rings is 1. The summed E-state index contributed by atoms with van der Waals surface area (Å²) in [5, 5.41) is 10.1. The Morgan fingerprint density at radius 3 is 2.83 bits per heavy atom. The molecule has 0 saturated heterocycles. The maximum absolute atomic E-state index is 11.3. The Morgan fingerprint density at radius 2 is 2.22 bits per heavy atom. The molecule has 0 saturated carbocycles. The lowest BCUT2D eigenvalue weighted by atomic mass is 10.1. The highest BCUT2D eigenvalue weighted by Gasteiger charge is 2.14. The second-order valence-corrected chi connectivity index (χ2v) is 4.35. The van der Waals surface area contributed by atoms with Crippen molar-refractivity contribution in [2.24, 2.45) is 5.73 Å². The molecule has 0 aliphatic rings. The van der Waals surface area contributed by atoms with Crippen molar-refractivity contribution < 1.29 is 9.90 Å². The zero-order valence-electron chi connectivity index (χ0n) is 10.5. The van der Waals surface area contributed by atoms with Crippen molar-refractivity contribution in [3.63, 3.8) is 0 Å². The van der Waals surface area contributed by atoms with Gasteiger partial charge in [0.2, 0.25) is 0 Å². The molecule has 2 rings (SSSR count). The molecule has 2 aromatic rings. The number of rotatable bonds is 5. The van der Waals surface area contributed by atoms with Gasteiger partial charge >= 0.3 is 5.97 Å². The van der Waals surface area contributed by atoms with E-state index in [0.29, 0.717) is 12.1 Å². The van der Waals surface area contributed by atoms with Gasteiger partial charge in [0.15, 0.2) is 0 Å². The first kappa shape index (κ1) is 12.6. The molecule has 4 heteroatoms. The fourth-order valence-corrected chi connectivity index (χ4v) is 2.33. The molecule has 0 radical (unpaired) electrons. The largest absolute Gasteiger partial charge is 0.478 e. The van der Waals surface area contributed by atoms with Gasteiger partial charge in [-0.1, -0.05) is 13.0 Å². The topological polar surface area (TPSA) is 68.2 Å². The van der Waals surface area contributed by atoms with Crippen molar-refractivity contribution in [2.45, 2.75) is 26.3 Å². The van der Waals surface area contributed by atoms with Crippen LogP contribution < -0.4 is 5.73 Å². The molecule has 18 heavy (non-hydrogen) atoms. The number of carboxylic acids is 1. The maximum Gasteiger partial charge on any atom is 0.336 e. The van der Waals surface area contributed by atoms with Crippen LogP contribution in [0.5, 0.6) is 0 Å². The number of carbonyl (C=O) groups is 1. The van der Waals surface area contributed by atoms with Crippen molar-refractivity contribution in [3.8, 4) is 0 Å². The van der Waals surface area contributed by atoms with Crippen molar-refractivity contribution in [1.82, 2.24) is 4.57 Å². The van der Waals surface area contributed by atoms with Gasteiger partial charge in [-0.05, 0) is 37.1 Å². The molecule has 0 aliphatic carbocycles. The van der Waals surface area contributed by atoms with E-state index in [2.05, 4.69) is 4.57 Å². The number of carboxylic acid groups (broad SMARTS) is 1. The predicted molar refractivity (Wildman–Crippen MR) is 71.9 cm³/mol. The summed E-state index contributed by atoms with van der Waals surface area (Å²) in [7, 11) is 0. The highest BCUT2D eigenvalue weighted by Crippen LogP contribution is 2.26. The van der Waals surface area contributed by atoms with Gasteiger partial charge in [0.25, 0.3) is 0 Å². The number of aromatic carboxylic acids is 1. The van der Waals surface area contributed by atoms with Crippen molar-refractivity contribution in [1.29, 1.82) is 0 Å². The van der Waals surface area contributed by atoms with Crippen LogP contribution in [0.4, 0.5) is 0 Å². The second-order valence-electron chi connectivity index (χ2n) is 4.35. The quantitative estimate of drug-likeness (QED) is 0.850. The third kappa shape index (κ3) is 2.11. The van der Waals surface area contributed by atoms with E-state index in [4.69, 9.17) is 5.73 Å². The summed E-state index contributed by atoms with van der Waals surface area (Å²) in [6.07, 6.45) is 3.77. The zero-order chi connectivity index (χ0) is 13.1. The Balaban J connectivity index is 2.63. The lowest BCUT2D eigenvalue weighted by molar-refractivity contribution is 0.0699. The molecule has 4 nitrogen and oxygen atoms in total. The highest BCUT2D eigenvalue weighted by atomic mass is 16.4. The fourth-order valence-electron chi connectivity index (χ4n) is 2.33. The molecular weight excluding hydrogens is 228 g/mol. The van der Waals surface area contributed by atoms with E-state index >= 15 is 0 Å². The Labute approximate surface area is 106 Å². The van der Waals surface area contributed by atoms with Crippen LogP contribution in [0.3, 0.4) is 0 Å². The zero-order valence-corrected chi connectivity index (χ0v) is 10.5. The molecule has 1 heterocycles. The average Bonchev–Trinajstić information content (AvgIpc) is 2.74. The van der Waals surface area contributed by atoms with Crippen LogP contribution in [0, 0.1) is 0 Å². The van der Waals surface area contributed by atoms with E-state index < -0.39 is 5.97 Å². The second kappa shape index (κ2) is 5.23. The minimum Gasteiger partial charge on any atom is -0.478 e. The summed E-state index contributed by atoms with van der Waals surface area (Å²) < 4.78 is 2.10. The highest BCUT2D eigenvalue weighted by molar-refractivity contribution is 6.04. The number of hydrogen-bond donors (Lipinski definition) is 2. The molecular formula is C14H18N2O2. The van der Waals surface area contributed by atoms with Crippen molar-refractivity contribution >= 4 is 16.9 Å². The van der Waals surface area contributed by atoms with Gasteiger partial charge < -0.3 is 15.4 Å². The lowest BCUT2D eigenvalue weighted by Crippen LogP contribution is -2.05. The number of nitrogens with zero attached hydrogens (tertiary/aromatic N) is 1. The van der Waals surface area contributed by atoms with Crippen LogP contribution in [0.1, 0.15) is 29.3 Å². The maximum atomic E-state index is 11.3. The molecule has 0 aliphatic heterocycles. The molecule has 96 valence electrons. The van der Waals surface area contributed by atoms with Crippen molar-refractivity contribution in [3.05, 3.63) is 35.5 Å². The smallest absolute Gasteiger partial charge is 0.336 e. The monoisotopic (exact) mass is 246 g/mol. The number of aryl methyl sites for hydroxylation is 2. The minimum atomic E-state index is -0.869. The molecule has 0 spiro atoms. The summed E-state index contributed by atoms with van der Waals surface area (Å²) in [5.41, 5.74) is 7.99. The summed E-state index contributed by atoms with van der Waals surface area (Å²) in [5.74, 6) is -0.869. The SMILES string of the molecule is CCc1cn(CCCN)c2cccc(C(=O)O)c12. The van der Waals surface area contributed by atoms with Crippen LogP contribution >= 0.6 is 0 Å². The van der Waals surface area contributed by atoms with Gasteiger partial charge in [0, 0.05) is 23.6 Å². The number of nitrogens with two attached hydrogens (primary N) is 1. The van der Waals surface area contributed by atoms with Crippen LogP contribution in [0.2, 0.25) is 0 Å². The molecule has 0 atom stereocenters. The van der Waals surface area contributed by atoms with Crippen LogP contribution in [0.15, 0.2) is 24.4 Å². The van der Waals surface area contributed by atoms with Crippen LogP contribution in [-0.2, 0) is 13.0 Å². The van der Waals surface area contributed by atoms with Gasteiger partial charge in [0.1, 0.15) is 0 Å². The van der Waals surface area contributed by atoms with Gasteiger partial charge in [-0.15, -0.1) is 0 Å². The summed E-state index contributed by atoms with van der Waals surface area (Å²) >= 11 is 0. The Bertz CT molecular complexity index is 572. The third-order valence-corrected chi connectivity index (χ3v) is 3.20. The Hall–Kier alpha value is -1.81. The summed E-state index contributed by atoms with van der Waals surface area (Å²) in [6.45, 7) is 3.51. The third-order valence-electron chi connectivity index (χ3n) is 3.20. The van der Waals surface area contributed by atoms with Crippen molar-refractivity contribution in [2.75, 3.05) is 6.54 Å². The average molecular weight is 246 g/mol.